The fourth-order valence-electron chi connectivity index (χ4n) is 2.14. The van der Waals surface area contributed by atoms with E-state index in [1.165, 1.54) is 6.33 Å². The number of rotatable bonds is 7. The molecular weight excluding hydrogens is 565 g/mol. The van der Waals surface area contributed by atoms with Crippen LogP contribution in [-0.4, -0.2) is 27.6 Å². The number of nitro groups is 1. The fourth-order valence-corrected chi connectivity index (χ4v) is 5.59. The Hall–Kier alpha value is -1.19. The molecule has 0 saturated heterocycles. The molecule has 0 aliphatic carbocycles. The molecule has 0 radical (unpaired) electrons. The first-order valence-corrected chi connectivity index (χ1v) is 10.7. The van der Waals surface area contributed by atoms with E-state index in [-0.39, 0.29) is 41.0 Å². The van der Waals surface area contributed by atoms with Crippen molar-refractivity contribution in [2.24, 2.45) is 5.73 Å². The Bertz CT molecular complexity index is 1020. The maximum atomic E-state index is 14.0. The van der Waals surface area contributed by atoms with Gasteiger partial charge in [-0.3, -0.25) is 15.8 Å². The predicted octanol–water partition coefficient (Wildman–Crippen LogP) is 4.80. The summed E-state index contributed by atoms with van der Waals surface area (Å²) in [6, 6.07) is 7.20. The number of fused-ring (bicyclic) bond motifs is 1. The molecule has 148 valence electrons. The van der Waals surface area contributed by atoms with Crippen LogP contribution in [0.25, 0.3) is 11.2 Å². The second-order valence-corrected chi connectivity index (χ2v) is 11.7. The molecule has 15 heteroatoms. The monoisotopic (exact) mass is 571 g/mol. The van der Waals surface area contributed by atoms with Crippen molar-refractivity contribution < 1.29 is 8.72 Å². The average molecular weight is 574 g/mol. The third-order valence-electron chi connectivity index (χ3n) is 3.18. The smallest absolute Gasteiger partial charge is 0.287 e. The first-order valence-electron chi connectivity index (χ1n) is 7.19. The third-order valence-corrected chi connectivity index (χ3v) is 6.22. The molecule has 0 bridgehead atoms. The maximum Gasteiger partial charge on any atom is 0.287 e. The number of aromatic amines is 1. The Balaban J connectivity index is 2.09. The van der Waals surface area contributed by atoms with E-state index in [9.17, 15) is 14.5 Å². The second-order valence-electron chi connectivity index (χ2n) is 5.16. The van der Waals surface area contributed by atoms with Gasteiger partial charge in [-0.2, -0.15) is 0 Å². The number of hydrogen-bond donors (Lipinski definition) is 3. The first-order chi connectivity index (χ1) is 13.1. The normalized spacial score (nSPS) is 15.8. The number of thioether (sulfide) groups is 1. The van der Waals surface area contributed by atoms with Gasteiger partial charge in [-0.1, -0.05) is 27.5 Å². The topological polar surface area (TPSA) is 136 Å². The van der Waals surface area contributed by atoms with Crippen molar-refractivity contribution in [1.29, 1.82) is 0 Å². The van der Waals surface area contributed by atoms with Gasteiger partial charge in [0, 0.05) is 10.2 Å². The van der Waals surface area contributed by atoms with Gasteiger partial charge in [-0.25, -0.2) is 19.3 Å². The van der Waals surface area contributed by atoms with E-state index in [2.05, 4.69) is 57.1 Å². The van der Waals surface area contributed by atoms with Gasteiger partial charge in [0.2, 0.25) is 4.20 Å². The van der Waals surface area contributed by atoms with Crippen molar-refractivity contribution in [3.63, 3.8) is 0 Å². The Morgan fingerprint density at radius 2 is 2.04 bits per heavy atom. The summed E-state index contributed by atoms with van der Waals surface area (Å²) in [5, 5.41) is 14.2. The van der Waals surface area contributed by atoms with E-state index in [0.29, 0.717) is 11.2 Å². The van der Waals surface area contributed by atoms with Crippen LogP contribution in [0.3, 0.4) is 0 Å². The van der Waals surface area contributed by atoms with E-state index in [0.717, 1.165) is 4.47 Å². The summed E-state index contributed by atoms with van der Waals surface area (Å²) in [6.45, 7) is 0. The third kappa shape index (κ3) is 5.24. The lowest BCUT2D eigenvalue weighted by Crippen LogP contribution is -2.35. The van der Waals surface area contributed by atoms with Crippen molar-refractivity contribution in [2.45, 2.75) is 7.57 Å². The molecule has 1 aromatic carbocycles. The highest BCUT2D eigenvalue weighted by molar-refractivity contribution is 9.12. The molecule has 9 nitrogen and oxygen atoms in total. The molecule has 3 aromatic rings. The molecule has 0 fully saturated rings. The summed E-state index contributed by atoms with van der Waals surface area (Å²) in [7, 11) is 0. The minimum absolute atomic E-state index is 0.0215. The number of nitrogens with zero attached hydrogens (tertiary/aromatic N) is 4. The van der Waals surface area contributed by atoms with Crippen molar-refractivity contribution in [2.75, 3.05) is 5.32 Å². The zero-order valence-corrected chi connectivity index (χ0v) is 19.0. The van der Waals surface area contributed by atoms with Crippen molar-refractivity contribution >= 4 is 89.8 Å². The zero-order chi connectivity index (χ0) is 20.5. The lowest BCUT2D eigenvalue weighted by molar-refractivity contribution is -0.285. The summed E-state index contributed by atoms with van der Waals surface area (Å²) < 4.78 is 9.47. The number of H-pyrrole nitrogens is 1. The number of nitrogens with one attached hydrogen (secondary N) is 2. The highest BCUT2D eigenvalue weighted by Gasteiger charge is 2.48. The minimum atomic E-state index is -2.58. The lowest BCUT2D eigenvalue weighted by atomic mass is 10.3. The average Bonchev–Trinajstić information content (AvgIpc) is 3.03. The van der Waals surface area contributed by atoms with Gasteiger partial charge in [-0.15, -0.1) is 0 Å². The van der Waals surface area contributed by atoms with Crippen LogP contribution >= 0.6 is 67.2 Å². The number of halogens is 4. The number of anilines is 2. The number of alkyl halides is 3. The molecule has 0 spiro atoms. The van der Waals surface area contributed by atoms with E-state index in [1.807, 2.05) is 12.1 Å². The molecule has 2 atom stereocenters. The predicted molar refractivity (Wildman–Crippen MR) is 116 cm³/mol. The van der Waals surface area contributed by atoms with E-state index in [1.54, 1.807) is 12.1 Å². The van der Waals surface area contributed by atoms with Gasteiger partial charge in [0.15, 0.2) is 17.3 Å². The molecule has 0 aliphatic rings. The quantitative estimate of drug-likeness (QED) is 0.120. The van der Waals surface area contributed by atoms with Crippen LogP contribution in [0.2, 0.25) is 0 Å². The summed E-state index contributed by atoms with van der Waals surface area (Å²) in [5.41, 5.74) is 7.40. The molecule has 0 aliphatic heterocycles. The van der Waals surface area contributed by atoms with Crippen LogP contribution in [0, 0.1) is 10.1 Å². The van der Waals surface area contributed by atoms with Crippen molar-refractivity contribution in [1.82, 2.24) is 19.9 Å². The van der Waals surface area contributed by atoms with Crippen LogP contribution in [-0.2, 0) is 4.20 Å². The van der Waals surface area contributed by atoms with Crippen LogP contribution < -0.4 is 11.1 Å². The highest BCUT2D eigenvalue weighted by atomic mass is 79.9. The molecule has 2 aromatic heterocycles. The largest absolute Gasteiger partial charge is 0.340 e. The minimum Gasteiger partial charge on any atom is -0.340 e. The molecule has 28 heavy (non-hydrogen) atoms. The van der Waals surface area contributed by atoms with Gasteiger partial charge >= 0.3 is 0 Å². The van der Waals surface area contributed by atoms with Gasteiger partial charge in [0.05, 0.1) is 6.33 Å². The SMILES string of the molecule is NC(S[N+](=O)[O-])(SC(F)(Cl)Br)c1nc(Nc2ccc(Br)cc2)c2[nH]cnc2n1. The number of aromatic nitrogens is 4. The molecule has 2 heterocycles. The van der Waals surface area contributed by atoms with Gasteiger partial charge in [0.25, 0.3) is 15.3 Å². The van der Waals surface area contributed by atoms with Crippen LogP contribution in [0.1, 0.15) is 5.82 Å². The Kier molecular flexibility index (Phi) is 6.36. The van der Waals surface area contributed by atoms with E-state index < -0.39 is 11.9 Å². The second kappa shape index (κ2) is 8.28. The number of hydrogen-bond acceptors (Lipinski definition) is 9. The number of imidazole rings is 1. The Morgan fingerprint density at radius 1 is 1.36 bits per heavy atom. The Labute approximate surface area is 187 Å². The van der Waals surface area contributed by atoms with E-state index >= 15 is 0 Å². The van der Waals surface area contributed by atoms with Gasteiger partial charge in [-0.05, 0) is 52.0 Å². The van der Waals surface area contributed by atoms with Crippen LogP contribution in [0.5, 0.6) is 0 Å². The number of benzene rings is 1. The molecule has 2 unspecified atom stereocenters. The van der Waals surface area contributed by atoms with E-state index in [4.69, 9.17) is 17.3 Å². The molecule has 0 amide bonds. The Morgan fingerprint density at radius 3 is 2.64 bits per heavy atom. The van der Waals surface area contributed by atoms with Gasteiger partial charge < -0.3 is 10.3 Å². The highest BCUT2D eigenvalue weighted by Crippen LogP contribution is 2.52. The molecular formula is C13H9Br2ClFN7O2S2. The molecule has 0 saturated carbocycles. The maximum absolute atomic E-state index is 14.0. The first kappa shape index (κ1) is 21.5. The van der Waals surface area contributed by atoms with Crippen LogP contribution in [0.4, 0.5) is 15.9 Å². The lowest BCUT2D eigenvalue weighted by Gasteiger charge is -2.24. The van der Waals surface area contributed by atoms with Crippen LogP contribution in [0.15, 0.2) is 35.1 Å². The van der Waals surface area contributed by atoms with Gasteiger partial charge in [0.1, 0.15) is 9.85 Å². The summed E-state index contributed by atoms with van der Waals surface area (Å²) in [6.07, 6.45) is 1.38. The number of nitrogens with two attached hydrogens (primary N) is 1. The van der Waals surface area contributed by atoms with Crippen molar-refractivity contribution in [3.05, 3.63) is 51.0 Å². The summed E-state index contributed by atoms with van der Waals surface area (Å²) >= 11 is 11.7. The summed E-state index contributed by atoms with van der Waals surface area (Å²) in [4.78, 5) is 26.4. The molecule has 4 N–H and O–H groups in total. The fraction of sp³-hybridized carbons (Fsp3) is 0.154. The standard InChI is InChI=1S/C13H9Br2ClFN7O2S2/c14-6-1-3-7(4-2-6)21-10-8-9(20-5-19-8)22-11(23-10)12(18,28-24(25)26)27-13(15,16)17/h1-5H,18H2,(H2,19,20,21,22,23). The zero-order valence-electron chi connectivity index (χ0n) is 13.4. The van der Waals surface area contributed by atoms with Crippen molar-refractivity contribution in [3.8, 4) is 0 Å². The molecule has 3 rings (SSSR count). The summed E-state index contributed by atoms with van der Waals surface area (Å²) in [5.74, 6) is 0.0216.